The molecular formula is C28H20N4. The summed E-state index contributed by atoms with van der Waals surface area (Å²) < 4.78 is 4.61. The molecule has 1 aliphatic rings. The maximum atomic E-state index is 5.30. The summed E-state index contributed by atoms with van der Waals surface area (Å²) in [5, 5.41) is 2.25. The molecule has 0 spiro atoms. The van der Waals surface area contributed by atoms with Crippen LogP contribution in [0.4, 0.5) is 0 Å². The highest BCUT2D eigenvalue weighted by Crippen LogP contribution is 2.37. The van der Waals surface area contributed by atoms with Crippen LogP contribution in [0, 0.1) is 0 Å². The van der Waals surface area contributed by atoms with E-state index >= 15 is 0 Å². The molecule has 32 heavy (non-hydrogen) atoms. The van der Waals surface area contributed by atoms with Crippen molar-refractivity contribution in [2.75, 3.05) is 0 Å². The highest BCUT2D eigenvalue weighted by Gasteiger charge is 2.20. The summed E-state index contributed by atoms with van der Waals surface area (Å²) in [6, 6.07) is 25.5. The summed E-state index contributed by atoms with van der Waals surface area (Å²) in [4.78, 5) is 10.1. The van der Waals surface area contributed by atoms with Crippen molar-refractivity contribution in [3.8, 4) is 5.69 Å². The van der Waals surface area contributed by atoms with Crippen molar-refractivity contribution in [3.63, 3.8) is 0 Å². The van der Waals surface area contributed by atoms with Gasteiger partial charge in [0, 0.05) is 28.4 Å². The van der Waals surface area contributed by atoms with E-state index in [2.05, 4.69) is 94.1 Å². The molecule has 0 saturated carbocycles. The van der Waals surface area contributed by atoms with Gasteiger partial charge in [-0.2, -0.15) is 0 Å². The van der Waals surface area contributed by atoms with Gasteiger partial charge in [-0.15, -0.1) is 0 Å². The van der Waals surface area contributed by atoms with Crippen LogP contribution in [-0.2, 0) is 0 Å². The largest absolute Gasteiger partial charge is 0.308 e. The van der Waals surface area contributed by atoms with Gasteiger partial charge in [-0.05, 0) is 55.3 Å². The minimum absolute atomic E-state index is 0.976. The predicted molar refractivity (Wildman–Crippen MR) is 132 cm³/mol. The van der Waals surface area contributed by atoms with Gasteiger partial charge in [-0.25, -0.2) is 4.98 Å². The van der Waals surface area contributed by atoms with Crippen molar-refractivity contribution in [1.82, 2.24) is 19.1 Å². The quantitative estimate of drug-likeness (QED) is 0.311. The molecule has 0 saturated heterocycles. The number of para-hydroxylation sites is 2. The molecule has 0 atom stereocenters. The smallest absolute Gasteiger partial charge is 0.147 e. The Morgan fingerprint density at radius 2 is 1.56 bits per heavy atom. The summed E-state index contributed by atoms with van der Waals surface area (Å²) in [6.07, 6.45) is 10.5. The first-order chi connectivity index (χ1) is 15.9. The van der Waals surface area contributed by atoms with Crippen molar-refractivity contribution in [2.45, 2.75) is 12.8 Å². The van der Waals surface area contributed by atoms with Gasteiger partial charge >= 0.3 is 0 Å². The second kappa shape index (κ2) is 6.66. The Morgan fingerprint density at radius 1 is 0.719 bits per heavy atom. The molecule has 4 aromatic heterocycles. The molecule has 0 amide bonds. The molecule has 0 fully saturated rings. The summed E-state index contributed by atoms with van der Waals surface area (Å²) in [7, 11) is 0. The van der Waals surface area contributed by atoms with Gasteiger partial charge in [0.2, 0.25) is 0 Å². The Kier molecular flexibility index (Phi) is 3.64. The van der Waals surface area contributed by atoms with Crippen LogP contribution in [0.2, 0.25) is 0 Å². The van der Waals surface area contributed by atoms with Crippen molar-refractivity contribution < 1.29 is 0 Å². The lowest BCUT2D eigenvalue weighted by molar-refractivity contribution is 0.972. The van der Waals surface area contributed by atoms with E-state index in [0.717, 1.165) is 62.5 Å². The van der Waals surface area contributed by atoms with Crippen LogP contribution in [-0.4, -0.2) is 19.1 Å². The lowest BCUT2D eigenvalue weighted by Crippen LogP contribution is -2.00. The molecule has 4 nitrogen and oxygen atoms in total. The first kappa shape index (κ1) is 17.5. The third-order valence-corrected chi connectivity index (χ3v) is 6.41. The molecule has 4 heterocycles. The molecule has 152 valence electrons. The topological polar surface area (TPSA) is 35.6 Å². The zero-order valence-electron chi connectivity index (χ0n) is 17.4. The Morgan fingerprint density at radius 3 is 2.44 bits per heavy atom. The van der Waals surface area contributed by atoms with E-state index in [-0.39, 0.29) is 0 Å². The maximum Gasteiger partial charge on any atom is 0.147 e. The highest BCUT2D eigenvalue weighted by atomic mass is 15.1. The third-order valence-electron chi connectivity index (χ3n) is 6.41. The first-order valence-corrected chi connectivity index (χ1v) is 11.0. The molecule has 0 N–H and O–H groups in total. The van der Waals surface area contributed by atoms with Gasteiger partial charge in [-0.1, -0.05) is 48.6 Å². The van der Waals surface area contributed by atoms with Gasteiger partial charge in [0.1, 0.15) is 5.65 Å². The minimum Gasteiger partial charge on any atom is -0.308 e. The molecule has 4 heteroatoms. The van der Waals surface area contributed by atoms with E-state index in [9.17, 15) is 0 Å². The number of nitrogens with zero attached hydrogens (tertiary/aromatic N) is 4. The summed E-state index contributed by atoms with van der Waals surface area (Å²) in [5.41, 5.74) is 8.77. The van der Waals surface area contributed by atoms with Gasteiger partial charge in [0.25, 0.3) is 0 Å². The van der Waals surface area contributed by atoms with Crippen LogP contribution >= 0.6 is 0 Å². The SMILES string of the molecule is C1=CCCC(n2c3cccnc3c3cc4c(nc32)c2ccccc2n4-c2ccccc2)=C1. The van der Waals surface area contributed by atoms with Crippen LogP contribution in [0.3, 0.4) is 0 Å². The average Bonchev–Trinajstić information content (AvgIpc) is 3.36. The van der Waals surface area contributed by atoms with Crippen LogP contribution in [0.1, 0.15) is 12.8 Å². The Hall–Kier alpha value is -4.18. The molecule has 2 aromatic carbocycles. The van der Waals surface area contributed by atoms with E-state index < -0.39 is 0 Å². The fraction of sp³-hybridized carbons (Fsp3) is 0.0714. The molecule has 6 aromatic rings. The number of allylic oxidation sites excluding steroid dienone is 4. The lowest BCUT2D eigenvalue weighted by Gasteiger charge is -2.13. The zero-order chi connectivity index (χ0) is 21.1. The van der Waals surface area contributed by atoms with E-state index in [0.29, 0.717) is 0 Å². The minimum atomic E-state index is 0.976. The second-order valence-corrected chi connectivity index (χ2v) is 8.25. The molecule has 7 rings (SSSR count). The summed E-state index contributed by atoms with van der Waals surface area (Å²) >= 11 is 0. The monoisotopic (exact) mass is 412 g/mol. The number of hydrogen-bond acceptors (Lipinski definition) is 2. The predicted octanol–water partition coefficient (Wildman–Crippen LogP) is 6.87. The standard InChI is InChI=1S/C28H20N4/c1-3-10-19(11-4-1)31-23-15-8-7-14-21(23)27-25(31)18-22-26-24(16-9-17-29-26)32(28(22)30-27)20-12-5-2-6-13-20/h1-5,7-12,14-18H,6,13H2. The van der Waals surface area contributed by atoms with E-state index in [1.165, 1.54) is 5.70 Å². The van der Waals surface area contributed by atoms with E-state index in [1.54, 1.807) is 0 Å². The number of pyridine rings is 2. The Bertz CT molecular complexity index is 1710. The van der Waals surface area contributed by atoms with Crippen molar-refractivity contribution >= 4 is 49.7 Å². The number of fused-ring (bicyclic) bond motifs is 6. The molecule has 0 radical (unpaired) electrons. The lowest BCUT2D eigenvalue weighted by atomic mass is 10.1. The Balaban J connectivity index is 1.68. The van der Waals surface area contributed by atoms with E-state index in [4.69, 9.17) is 9.97 Å². The molecule has 0 unspecified atom stereocenters. The number of rotatable bonds is 2. The fourth-order valence-corrected chi connectivity index (χ4v) is 5.03. The zero-order valence-corrected chi connectivity index (χ0v) is 17.4. The maximum absolute atomic E-state index is 5.30. The van der Waals surface area contributed by atoms with Crippen molar-refractivity contribution in [1.29, 1.82) is 0 Å². The second-order valence-electron chi connectivity index (χ2n) is 8.25. The summed E-state index contributed by atoms with van der Waals surface area (Å²) in [5.74, 6) is 0. The van der Waals surface area contributed by atoms with E-state index in [1.807, 2.05) is 12.3 Å². The van der Waals surface area contributed by atoms with Crippen molar-refractivity contribution in [3.05, 3.63) is 97.2 Å². The first-order valence-electron chi connectivity index (χ1n) is 11.0. The van der Waals surface area contributed by atoms with Crippen LogP contribution in [0.15, 0.2) is 97.2 Å². The number of aromatic nitrogens is 4. The van der Waals surface area contributed by atoms with Gasteiger partial charge in [-0.3, -0.25) is 9.55 Å². The highest BCUT2D eigenvalue weighted by molar-refractivity contribution is 6.15. The fourth-order valence-electron chi connectivity index (χ4n) is 5.03. The number of hydrogen-bond donors (Lipinski definition) is 0. The van der Waals surface area contributed by atoms with Crippen LogP contribution in [0.5, 0.6) is 0 Å². The van der Waals surface area contributed by atoms with Gasteiger partial charge in [0.05, 0.1) is 27.6 Å². The van der Waals surface area contributed by atoms with Crippen molar-refractivity contribution in [2.24, 2.45) is 0 Å². The average molecular weight is 412 g/mol. The molecule has 0 bridgehead atoms. The normalized spacial score (nSPS) is 14.1. The number of benzene rings is 2. The summed E-state index contributed by atoms with van der Waals surface area (Å²) in [6.45, 7) is 0. The molecule has 0 aliphatic heterocycles. The molecule has 1 aliphatic carbocycles. The molecular weight excluding hydrogens is 392 g/mol. The van der Waals surface area contributed by atoms with Gasteiger partial charge in [0.15, 0.2) is 0 Å². The van der Waals surface area contributed by atoms with Crippen LogP contribution < -0.4 is 0 Å². The van der Waals surface area contributed by atoms with Crippen LogP contribution in [0.25, 0.3) is 55.4 Å². The third kappa shape index (κ3) is 2.38. The van der Waals surface area contributed by atoms with Gasteiger partial charge < -0.3 is 4.57 Å². The Labute approximate surface area is 184 Å².